The van der Waals surface area contributed by atoms with Gasteiger partial charge in [-0.1, -0.05) is 37.5 Å². The van der Waals surface area contributed by atoms with Gasteiger partial charge in [0.25, 0.3) is 0 Å². The largest absolute Gasteiger partial charge is 0.465 e. The van der Waals surface area contributed by atoms with Gasteiger partial charge in [0, 0.05) is 5.69 Å². The fourth-order valence-electron chi connectivity index (χ4n) is 4.47. The van der Waals surface area contributed by atoms with Crippen molar-refractivity contribution >= 4 is 11.7 Å². The third-order valence-corrected chi connectivity index (χ3v) is 5.75. The van der Waals surface area contributed by atoms with Gasteiger partial charge in [-0.3, -0.25) is 0 Å². The molecule has 156 valence electrons. The first-order chi connectivity index (χ1) is 14.5. The van der Waals surface area contributed by atoms with E-state index in [-0.39, 0.29) is 0 Å². The van der Waals surface area contributed by atoms with Crippen LogP contribution in [0.2, 0.25) is 0 Å². The number of aromatic nitrogens is 4. The summed E-state index contributed by atoms with van der Waals surface area (Å²) in [6, 6.07) is 13.7. The van der Waals surface area contributed by atoms with Crippen LogP contribution in [0.1, 0.15) is 59.4 Å². The number of para-hydroxylation sites is 1. The van der Waals surface area contributed by atoms with Gasteiger partial charge >= 0.3 is 5.97 Å². The Morgan fingerprint density at radius 2 is 1.77 bits per heavy atom. The van der Waals surface area contributed by atoms with Gasteiger partial charge in [-0.25, -0.2) is 4.79 Å². The number of rotatable bonds is 5. The molecule has 0 saturated heterocycles. The molecule has 7 heteroatoms. The van der Waals surface area contributed by atoms with E-state index in [4.69, 9.17) is 4.74 Å². The highest BCUT2D eigenvalue weighted by Crippen LogP contribution is 2.40. The highest BCUT2D eigenvalue weighted by atomic mass is 16.5. The normalized spacial score (nSPS) is 15.6. The Hall–Kier alpha value is -3.22. The molecule has 0 unspecified atom stereocenters. The molecule has 1 heterocycles. The molecule has 1 aliphatic carbocycles. The van der Waals surface area contributed by atoms with Crippen molar-refractivity contribution in [3.05, 3.63) is 65.0 Å². The van der Waals surface area contributed by atoms with Crippen molar-refractivity contribution in [2.24, 2.45) is 0 Å². The Kier molecular flexibility index (Phi) is 5.53. The van der Waals surface area contributed by atoms with Gasteiger partial charge in [0.15, 0.2) is 5.82 Å². The van der Waals surface area contributed by atoms with E-state index in [0.29, 0.717) is 11.3 Å². The Morgan fingerprint density at radius 1 is 1.07 bits per heavy atom. The molecule has 1 aromatic heterocycles. The van der Waals surface area contributed by atoms with Crippen LogP contribution in [0.5, 0.6) is 0 Å². The van der Waals surface area contributed by atoms with Crippen LogP contribution < -0.4 is 5.32 Å². The minimum Gasteiger partial charge on any atom is -0.465 e. The quantitative estimate of drug-likeness (QED) is 0.636. The van der Waals surface area contributed by atoms with Crippen LogP contribution in [-0.2, 0) is 10.3 Å². The van der Waals surface area contributed by atoms with E-state index < -0.39 is 11.5 Å². The molecule has 7 nitrogen and oxygen atoms in total. The SMILES string of the molecule is COC(=O)c1ccccc1-n1nnnc1C1(Nc2cc(C)cc(C)c2)CCCCC1. The molecule has 3 aromatic rings. The maximum atomic E-state index is 12.3. The number of carbonyl (C=O) groups is 1. The summed E-state index contributed by atoms with van der Waals surface area (Å²) in [6.45, 7) is 4.20. The third-order valence-electron chi connectivity index (χ3n) is 5.75. The summed E-state index contributed by atoms with van der Waals surface area (Å²) in [5.74, 6) is 0.310. The molecule has 0 amide bonds. The van der Waals surface area contributed by atoms with Gasteiger partial charge in [0.1, 0.15) is 0 Å². The monoisotopic (exact) mass is 405 g/mol. The summed E-state index contributed by atoms with van der Waals surface area (Å²) in [5, 5.41) is 16.5. The van der Waals surface area contributed by atoms with Gasteiger partial charge in [0.05, 0.1) is 23.9 Å². The first-order valence-corrected chi connectivity index (χ1v) is 10.4. The fourth-order valence-corrected chi connectivity index (χ4v) is 4.47. The van der Waals surface area contributed by atoms with Crippen LogP contribution in [0.15, 0.2) is 42.5 Å². The van der Waals surface area contributed by atoms with E-state index in [9.17, 15) is 4.79 Å². The number of carbonyl (C=O) groups excluding carboxylic acids is 1. The van der Waals surface area contributed by atoms with E-state index >= 15 is 0 Å². The van der Waals surface area contributed by atoms with Crippen molar-refractivity contribution in [2.45, 2.75) is 51.5 Å². The lowest BCUT2D eigenvalue weighted by molar-refractivity contribution is 0.0600. The highest BCUT2D eigenvalue weighted by Gasteiger charge is 2.39. The van der Waals surface area contributed by atoms with Crippen molar-refractivity contribution < 1.29 is 9.53 Å². The number of hydrogen-bond acceptors (Lipinski definition) is 6. The topological polar surface area (TPSA) is 81.9 Å². The van der Waals surface area contributed by atoms with Crippen LogP contribution in [0.3, 0.4) is 0 Å². The molecule has 1 saturated carbocycles. The number of nitrogens with one attached hydrogen (secondary N) is 1. The molecule has 0 radical (unpaired) electrons. The van der Waals surface area contributed by atoms with E-state index in [1.165, 1.54) is 24.7 Å². The predicted molar refractivity (Wildman–Crippen MR) is 115 cm³/mol. The smallest absolute Gasteiger partial charge is 0.340 e. The minimum absolute atomic E-state index is 0.410. The van der Waals surface area contributed by atoms with Gasteiger partial charge in [0.2, 0.25) is 0 Å². The zero-order valence-electron chi connectivity index (χ0n) is 17.7. The summed E-state index contributed by atoms with van der Waals surface area (Å²) in [7, 11) is 1.38. The molecule has 4 rings (SSSR count). The summed E-state index contributed by atoms with van der Waals surface area (Å²) in [6.07, 6.45) is 5.20. The van der Waals surface area contributed by atoms with Crippen LogP contribution in [0, 0.1) is 13.8 Å². The number of esters is 1. The van der Waals surface area contributed by atoms with Crippen molar-refractivity contribution in [1.82, 2.24) is 20.2 Å². The molecule has 1 aliphatic rings. The highest BCUT2D eigenvalue weighted by molar-refractivity contribution is 5.93. The lowest BCUT2D eigenvalue weighted by Crippen LogP contribution is -2.40. The van der Waals surface area contributed by atoms with E-state index in [0.717, 1.165) is 37.2 Å². The predicted octanol–water partition coefficient (Wildman–Crippen LogP) is 4.34. The fraction of sp³-hybridized carbons (Fsp3) is 0.391. The van der Waals surface area contributed by atoms with Crippen LogP contribution in [-0.4, -0.2) is 33.3 Å². The van der Waals surface area contributed by atoms with Crippen LogP contribution in [0.4, 0.5) is 5.69 Å². The molecule has 1 fully saturated rings. The number of aryl methyl sites for hydroxylation is 2. The second-order valence-electron chi connectivity index (χ2n) is 8.07. The Balaban J connectivity index is 1.82. The number of hydrogen-bond donors (Lipinski definition) is 1. The van der Waals surface area contributed by atoms with Gasteiger partial charge < -0.3 is 10.1 Å². The first kappa shape index (κ1) is 20.1. The van der Waals surface area contributed by atoms with Crippen molar-refractivity contribution in [3.8, 4) is 5.69 Å². The Morgan fingerprint density at radius 3 is 2.47 bits per heavy atom. The summed E-state index contributed by atoms with van der Waals surface area (Å²) in [4.78, 5) is 12.3. The maximum Gasteiger partial charge on any atom is 0.340 e. The number of benzene rings is 2. The van der Waals surface area contributed by atoms with Crippen molar-refractivity contribution in [3.63, 3.8) is 0 Å². The number of methoxy groups -OCH3 is 1. The number of anilines is 1. The molecule has 2 aromatic carbocycles. The molecule has 1 N–H and O–H groups in total. The first-order valence-electron chi connectivity index (χ1n) is 10.4. The second kappa shape index (κ2) is 8.26. The average Bonchev–Trinajstić information content (AvgIpc) is 3.23. The van der Waals surface area contributed by atoms with Crippen LogP contribution in [0.25, 0.3) is 5.69 Å². The molecule has 0 aliphatic heterocycles. The summed E-state index contributed by atoms with van der Waals surface area (Å²) in [5.41, 5.74) is 4.12. The molecule has 30 heavy (non-hydrogen) atoms. The third kappa shape index (κ3) is 3.79. The van der Waals surface area contributed by atoms with Crippen molar-refractivity contribution in [2.75, 3.05) is 12.4 Å². The molecule has 0 atom stereocenters. The Labute approximate surface area is 176 Å². The van der Waals surface area contributed by atoms with Crippen molar-refractivity contribution in [1.29, 1.82) is 0 Å². The average molecular weight is 406 g/mol. The standard InChI is InChI=1S/C23H27N5O2/c1-16-13-17(2)15-18(14-16)24-23(11-7-4-8-12-23)22-25-26-27-28(22)20-10-6-5-9-19(20)21(29)30-3/h5-6,9-10,13-15,24H,4,7-8,11-12H2,1-3H3. The van der Waals surface area contributed by atoms with Gasteiger partial charge in [-0.15, -0.1) is 5.10 Å². The zero-order valence-corrected chi connectivity index (χ0v) is 17.7. The van der Waals surface area contributed by atoms with E-state index in [2.05, 4.69) is 52.9 Å². The van der Waals surface area contributed by atoms with Gasteiger partial charge in [-0.2, -0.15) is 4.68 Å². The lowest BCUT2D eigenvalue weighted by atomic mass is 9.80. The molecular weight excluding hydrogens is 378 g/mol. The molecular formula is C23H27N5O2. The van der Waals surface area contributed by atoms with E-state index in [1.807, 2.05) is 18.2 Å². The second-order valence-corrected chi connectivity index (χ2v) is 8.07. The minimum atomic E-state index is -0.411. The number of tetrazole rings is 1. The van der Waals surface area contributed by atoms with Crippen LogP contribution >= 0.6 is 0 Å². The van der Waals surface area contributed by atoms with Gasteiger partial charge in [-0.05, 0) is 72.5 Å². The Bertz CT molecular complexity index is 1030. The van der Waals surface area contributed by atoms with E-state index in [1.54, 1.807) is 10.7 Å². The lowest BCUT2D eigenvalue weighted by Gasteiger charge is -2.38. The number of nitrogens with zero attached hydrogens (tertiary/aromatic N) is 4. The molecule has 0 bridgehead atoms. The summed E-state index contributed by atoms with van der Waals surface area (Å²) < 4.78 is 6.66. The molecule has 0 spiro atoms. The zero-order chi connectivity index (χ0) is 21.1. The summed E-state index contributed by atoms with van der Waals surface area (Å²) >= 11 is 0. The number of ether oxygens (including phenoxy) is 1. The maximum absolute atomic E-state index is 12.3.